The highest BCUT2D eigenvalue weighted by Crippen LogP contribution is 2.34. The average Bonchev–Trinajstić information content (AvgIpc) is 2.82. The van der Waals surface area contributed by atoms with E-state index in [1.807, 2.05) is 0 Å². The molecule has 0 unspecified atom stereocenters. The molecule has 3 aromatic rings. The van der Waals surface area contributed by atoms with Gasteiger partial charge in [-0.05, 0) is 89.6 Å². The maximum atomic E-state index is 3.87. The van der Waals surface area contributed by atoms with E-state index in [9.17, 15) is 0 Å². The summed E-state index contributed by atoms with van der Waals surface area (Å²) in [4.78, 5) is 0. The van der Waals surface area contributed by atoms with Crippen LogP contribution in [0.1, 0.15) is 63.0 Å². The number of rotatable bonds is 8. The van der Waals surface area contributed by atoms with E-state index in [1.165, 1.54) is 84.4 Å². The Balaban J connectivity index is 1.34. The van der Waals surface area contributed by atoms with Crippen LogP contribution in [0.5, 0.6) is 0 Å². The van der Waals surface area contributed by atoms with Crippen molar-refractivity contribution in [3.05, 3.63) is 90.5 Å². The van der Waals surface area contributed by atoms with E-state index in [-0.39, 0.29) is 0 Å². The smallest absolute Gasteiger partial charge is 0.0177 e. The minimum Gasteiger partial charge on any atom is -0.103 e. The third kappa shape index (κ3) is 5.76. The lowest BCUT2D eigenvalue weighted by molar-refractivity contribution is 0.254. The first-order valence-electron chi connectivity index (χ1n) is 12.1. The number of hydrogen-bond acceptors (Lipinski definition) is 0. The van der Waals surface area contributed by atoms with E-state index in [0.717, 1.165) is 11.8 Å². The molecule has 0 aliphatic heterocycles. The van der Waals surface area contributed by atoms with Gasteiger partial charge in [0.15, 0.2) is 0 Å². The van der Waals surface area contributed by atoms with Gasteiger partial charge >= 0.3 is 0 Å². The third-order valence-electron chi connectivity index (χ3n) is 7.10. The van der Waals surface area contributed by atoms with E-state index in [4.69, 9.17) is 0 Å². The number of hydrogen-bond donors (Lipinski definition) is 0. The van der Waals surface area contributed by atoms with Gasteiger partial charge in [-0.15, -0.1) is 6.58 Å². The molecule has 0 heteroatoms. The molecule has 160 valence electrons. The lowest BCUT2D eigenvalue weighted by atomic mass is 9.78. The maximum Gasteiger partial charge on any atom is -0.0177 e. The van der Waals surface area contributed by atoms with Crippen LogP contribution in [0.15, 0.2) is 79.4 Å². The van der Waals surface area contributed by atoms with E-state index < -0.39 is 0 Å². The van der Waals surface area contributed by atoms with Crippen molar-refractivity contribution in [2.75, 3.05) is 0 Å². The Hall–Kier alpha value is -2.60. The quantitative estimate of drug-likeness (QED) is 0.326. The monoisotopic (exact) mass is 408 g/mol. The van der Waals surface area contributed by atoms with Gasteiger partial charge in [0, 0.05) is 0 Å². The number of benzene rings is 3. The van der Waals surface area contributed by atoms with Crippen LogP contribution in [0.2, 0.25) is 0 Å². The summed E-state index contributed by atoms with van der Waals surface area (Å²) < 4.78 is 0. The molecule has 0 saturated heterocycles. The number of fused-ring (bicyclic) bond motifs is 1. The third-order valence-corrected chi connectivity index (χ3v) is 7.10. The van der Waals surface area contributed by atoms with Gasteiger partial charge in [-0.2, -0.15) is 0 Å². The Morgan fingerprint density at radius 3 is 2.13 bits per heavy atom. The minimum atomic E-state index is 0.924. The molecule has 0 bridgehead atoms. The molecular formula is C31H36. The van der Waals surface area contributed by atoms with Crippen molar-refractivity contribution in [3.63, 3.8) is 0 Å². The van der Waals surface area contributed by atoms with Crippen molar-refractivity contribution in [2.45, 2.75) is 58.3 Å². The zero-order chi connectivity index (χ0) is 21.5. The highest BCUT2D eigenvalue weighted by molar-refractivity contribution is 5.89. The summed E-state index contributed by atoms with van der Waals surface area (Å²) in [5.41, 5.74) is 5.35. The van der Waals surface area contributed by atoms with Gasteiger partial charge in [0.05, 0.1) is 0 Å². The summed E-state index contributed by atoms with van der Waals surface area (Å²) in [6.07, 6.45) is 17.1. The molecule has 0 spiro atoms. The molecule has 0 N–H and O–H groups in total. The molecule has 0 amide bonds. The van der Waals surface area contributed by atoms with Crippen molar-refractivity contribution in [2.24, 2.45) is 11.8 Å². The van der Waals surface area contributed by atoms with Gasteiger partial charge in [-0.3, -0.25) is 0 Å². The van der Waals surface area contributed by atoms with E-state index >= 15 is 0 Å². The summed E-state index contributed by atoms with van der Waals surface area (Å²) in [5.74, 6) is 1.87. The fourth-order valence-corrected chi connectivity index (χ4v) is 5.14. The van der Waals surface area contributed by atoms with Gasteiger partial charge in [0.25, 0.3) is 0 Å². The average molecular weight is 409 g/mol. The number of aryl methyl sites for hydroxylation is 1. The summed E-state index contributed by atoms with van der Waals surface area (Å²) >= 11 is 0. The Bertz CT molecular complexity index is 1010. The molecule has 1 fully saturated rings. The van der Waals surface area contributed by atoms with Crippen molar-refractivity contribution >= 4 is 16.8 Å². The first kappa shape index (κ1) is 21.6. The Labute approximate surface area is 188 Å². The Morgan fingerprint density at radius 2 is 1.42 bits per heavy atom. The molecule has 0 atom stereocenters. The second kappa shape index (κ2) is 10.6. The normalized spacial score (nSPS) is 19.1. The highest BCUT2D eigenvalue weighted by Gasteiger charge is 2.20. The van der Waals surface area contributed by atoms with Crippen LogP contribution in [0.25, 0.3) is 28.0 Å². The van der Waals surface area contributed by atoms with Crippen LogP contribution in [0.4, 0.5) is 0 Å². The van der Waals surface area contributed by atoms with Crippen molar-refractivity contribution in [1.29, 1.82) is 0 Å². The second-order valence-corrected chi connectivity index (χ2v) is 9.31. The second-order valence-electron chi connectivity index (χ2n) is 9.31. The molecule has 1 aliphatic carbocycles. The van der Waals surface area contributed by atoms with Crippen LogP contribution in [0, 0.1) is 11.8 Å². The molecular weight excluding hydrogens is 372 g/mol. The maximum absolute atomic E-state index is 3.87. The minimum absolute atomic E-state index is 0.924. The summed E-state index contributed by atoms with van der Waals surface area (Å²) in [6, 6.07) is 22.8. The molecule has 0 radical (unpaired) electrons. The van der Waals surface area contributed by atoms with Crippen LogP contribution in [-0.2, 0) is 6.42 Å². The number of allylic oxidation sites excluding steroid dienone is 2. The summed E-state index contributed by atoms with van der Waals surface area (Å²) in [7, 11) is 0. The SMILES string of the molecule is C=CCCC1CCC(CCc2ccc(-c3ccc4cc(/C=C/C)ccc4c3)cc2)CC1. The van der Waals surface area contributed by atoms with Crippen LogP contribution < -0.4 is 0 Å². The largest absolute Gasteiger partial charge is 0.103 e. The molecule has 0 aromatic heterocycles. The van der Waals surface area contributed by atoms with Crippen LogP contribution in [-0.4, -0.2) is 0 Å². The van der Waals surface area contributed by atoms with E-state index in [0.29, 0.717) is 0 Å². The van der Waals surface area contributed by atoms with Crippen LogP contribution >= 0.6 is 0 Å². The molecule has 3 aromatic carbocycles. The van der Waals surface area contributed by atoms with Gasteiger partial charge in [0.2, 0.25) is 0 Å². The summed E-state index contributed by atoms with van der Waals surface area (Å²) in [6.45, 7) is 5.93. The molecule has 1 saturated carbocycles. The van der Waals surface area contributed by atoms with Gasteiger partial charge in [-0.1, -0.05) is 92.4 Å². The topological polar surface area (TPSA) is 0 Å². The van der Waals surface area contributed by atoms with E-state index in [1.54, 1.807) is 0 Å². The van der Waals surface area contributed by atoms with Gasteiger partial charge < -0.3 is 0 Å². The Morgan fingerprint density at radius 1 is 0.774 bits per heavy atom. The summed E-state index contributed by atoms with van der Waals surface area (Å²) in [5, 5.41) is 2.61. The fraction of sp³-hybridized carbons (Fsp3) is 0.355. The standard InChI is InChI=1S/C31H36/c1-3-5-7-24-8-10-25(11-9-24)12-13-26-14-17-28(18-15-26)30-21-20-29-22-27(6-4-2)16-19-31(29)23-30/h3-4,6,14-25H,1,5,7-13H2,2H3/b6-4+. The first-order chi connectivity index (χ1) is 15.2. The predicted molar refractivity (Wildman–Crippen MR) is 137 cm³/mol. The fourth-order valence-electron chi connectivity index (χ4n) is 5.14. The Kier molecular flexibility index (Phi) is 7.41. The first-order valence-corrected chi connectivity index (χ1v) is 12.1. The van der Waals surface area contributed by atoms with Crippen molar-refractivity contribution in [3.8, 4) is 11.1 Å². The molecule has 1 aliphatic rings. The molecule has 31 heavy (non-hydrogen) atoms. The molecule has 4 rings (SSSR count). The van der Waals surface area contributed by atoms with E-state index in [2.05, 4.69) is 92.4 Å². The lowest BCUT2D eigenvalue weighted by Crippen LogP contribution is -2.15. The van der Waals surface area contributed by atoms with Gasteiger partial charge in [-0.25, -0.2) is 0 Å². The van der Waals surface area contributed by atoms with Gasteiger partial charge in [0.1, 0.15) is 0 Å². The zero-order valence-electron chi connectivity index (χ0n) is 19.0. The van der Waals surface area contributed by atoms with Crippen molar-refractivity contribution in [1.82, 2.24) is 0 Å². The molecule has 0 nitrogen and oxygen atoms in total. The van der Waals surface area contributed by atoms with Crippen LogP contribution in [0.3, 0.4) is 0 Å². The predicted octanol–water partition coefficient (Wildman–Crippen LogP) is 9.25. The molecule has 0 heterocycles. The lowest BCUT2D eigenvalue weighted by Gasteiger charge is -2.28. The van der Waals surface area contributed by atoms with Crippen molar-refractivity contribution < 1.29 is 0 Å². The zero-order valence-corrected chi connectivity index (χ0v) is 19.0. The highest BCUT2D eigenvalue weighted by atomic mass is 14.3.